The molecule has 0 atom stereocenters. The van der Waals surface area contributed by atoms with Crippen molar-refractivity contribution in [2.24, 2.45) is 0 Å². The Morgan fingerprint density at radius 2 is 1.50 bits per heavy atom. The molecule has 0 saturated heterocycles. The van der Waals surface area contributed by atoms with Gasteiger partial charge in [-0.25, -0.2) is 0 Å². The first-order valence-electron chi connectivity index (χ1n) is 4.74. The molecule has 0 aliphatic heterocycles. The minimum Gasteiger partial charge on any atom is -0.508 e. The molecule has 0 heterocycles. The number of benzene rings is 2. The maximum atomic E-state index is 9.55. The Bertz CT molecular complexity index is 494. The molecule has 0 aliphatic rings. The second kappa shape index (κ2) is 4.02. The lowest BCUT2D eigenvalue weighted by molar-refractivity contribution is 0.405. The Morgan fingerprint density at radius 1 is 0.812 bits per heavy atom. The second-order valence-corrected chi connectivity index (χ2v) is 3.35. The smallest absolute Gasteiger partial charge is 0.181 e. The minimum atomic E-state index is -0.199. The van der Waals surface area contributed by atoms with E-state index in [1.807, 2.05) is 0 Å². The van der Waals surface area contributed by atoms with Crippen LogP contribution in [0.3, 0.4) is 0 Å². The Kier molecular flexibility index (Phi) is 2.55. The first-order chi connectivity index (χ1) is 7.66. The van der Waals surface area contributed by atoms with Gasteiger partial charge in [-0.15, -0.1) is 0 Å². The maximum absolute atomic E-state index is 9.55. The van der Waals surface area contributed by atoms with E-state index in [1.165, 1.54) is 18.2 Å². The van der Waals surface area contributed by atoms with Crippen LogP contribution in [0.5, 0.6) is 17.2 Å². The molecule has 4 N–H and O–H groups in total. The van der Waals surface area contributed by atoms with Crippen molar-refractivity contribution in [3.8, 4) is 17.2 Å². The Labute approximate surface area is 92.4 Å². The number of rotatable bonds is 2. The van der Waals surface area contributed by atoms with Crippen molar-refractivity contribution in [2.45, 2.75) is 0 Å². The predicted molar refractivity (Wildman–Crippen MR) is 61.2 cm³/mol. The molecule has 0 amide bonds. The van der Waals surface area contributed by atoms with Gasteiger partial charge in [0.2, 0.25) is 0 Å². The summed E-state index contributed by atoms with van der Waals surface area (Å²) in [6.07, 6.45) is 0. The fraction of sp³-hybridized carbons (Fsp3) is 0. The number of aromatic hydroxyl groups is 3. The molecular weight excluding hydrogens is 206 g/mol. The summed E-state index contributed by atoms with van der Waals surface area (Å²) in [5, 5.41) is 30.9. The van der Waals surface area contributed by atoms with Gasteiger partial charge in [0.25, 0.3) is 0 Å². The molecule has 0 fully saturated rings. The zero-order valence-electron chi connectivity index (χ0n) is 8.38. The molecule has 0 saturated carbocycles. The molecule has 82 valence electrons. The van der Waals surface area contributed by atoms with E-state index in [4.69, 9.17) is 5.11 Å². The number of anilines is 2. The average Bonchev–Trinajstić information content (AvgIpc) is 2.28. The Morgan fingerprint density at radius 3 is 2.19 bits per heavy atom. The van der Waals surface area contributed by atoms with Crippen molar-refractivity contribution in [1.82, 2.24) is 0 Å². The third-order valence-corrected chi connectivity index (χ3v) is 2.16. The molecule has 0 aromatic heterocycles. The number of hydrogen-bond donors (Lipinski definition) is 4. The zero-order chi connectivity index (χ0) is 11.5. The topological polar surface area (TPSA) is 72.7 Å². The highest BCUT2D eigenvalue weighted by molar-refractivity contribution is 5.69. The van der Waals surface area contributed by atoms with Gasteiger partial charge in [-0.05, 0) is 36.4 Å². The normalized spacial score (nSPS) is 10.0. The van der Waals surface area contributed by atoms with E-state index in [2.05, 4.69) is 5.32 Å². The standard InChI is InChI=1S/C12H11NO3/c14-9-6-4-8(5-7-9)13-10-2-1-3-11(15)12(10)16/h1-7,13-16H. The van der Waals surface area contributed by atoms with Crippen molar-refractivity contribution in [2.75, 3.05) is 5.32 Å². The van der Waals surface area contributed by atoms with Gasteiger partial charge in [0.05, 0.1) is 5.69 Å². The van der Waals surface area contributed by atoms with E-state index in [9.17, 15) is 10.2 Å². The minimum absolute atomic E-state index is 0.172. The first-order valence-corrected chi connectivity index (χ1v) is 4.74. The van der Waals surface area contributed by atoms with Crippen LogP contribution in [0.4, 0.5) is 11.4 Å². The average molecular weight is 217 g/mol. The third kappa shape index (κ3) is 2.00. The van der Waals surface area contributed by atoms with Crippen molar-refractivity contribution < 1.29 is 15.3 Å². The number of phenols is 3. The summed E-state index contributed by atoms with van der Waals surface area (Å²) in [4.78, 5) is 0. The van der Waals surface area contributed by atoms with Crippen LogP contribution in [0.1, 0.15) is 0 Å². The highest BCUT2D eigenvalue weighted by Gasteiger charge is 2.05. The quantitative estimate of drug-likeness (QED) is 0.460. The van der Waals surface area contributed by atoms with Gasteiger partial charge in [-0.3, -0.25) is 0 Å². The molecule has 0 bridgehead atoms. The molecule has 0 spiro atoms. The number of para-hydroxylation sites is 1. The van der Waals surface area contributed by atoms with Gasteiger partial charge in [0.15, 0.2) is 11.5 Å². The molecular formula is C12H11NO3. The number of hydrogen-bond acceptors (Lipinski definition) is 4. The molecule has 4 heteroatoms. The van der Waals surface area contributed by atoms with Crippen LogP contribution in [-0.2, 0) is 0 Å². The summed E-state index contributed by atoms with van der Waals surface area (Å²) in [5.74, 6) is -0.204. The molecule has 16 heavy (non-hydrogen) atoms. The molecule has 2 aromatic rings. The molecule has 4 nitrogen and oxygen atoms in total. The molecule has 0 unspecified atom stereocenters. The summed E-state index contributed by atoms with van der Waals surface area (Å²) < 4.78 is 0. The van der Waals surface area contributed by atoms with Crippen LogP contribution < -0.4 is 5.32 Å². The molecule has 2 aromatic carbocycles. The predicted octanol–water partition coefficient (Wildman–Crippen LogP) is 2.55. The van der Waals surface area contributed by atoms with Crippen LogP contribution >= 0.6 is 0 Å². The largest absolute Gasteiger partial charge is 0.508 e. The van der Waals surface area contributed by atoms with E-state index in [0.29, 0.717) is 11.4 Å². The third-order valence-electron chi connectivity index (χ3n) is 2.16. The summed E-state index contributed by atoms with van der Waals surface area (Å²) in [6.45, 7) is 0. The van der Waals surface area contributed by atoms with Crippen LogP contribution in [0.25, 0.3) is 0 Å². The lowest BCUT2D eigenvalue weighted by Gasteiger charge is -2.09. The first kappa shape index (κ1) is 10.2. The van der Waals surface area contributed by atoms with Crippen molar-refractivity contribution in [3.05, 3.63) is 42.5 Å². The van der Waals surface area contributed by atoms with Crippen molar-refractivity contribution >= 4 is 11.4 Å². The van der Waals surface area contributed by atoms with Gasteiger partial charge >= 0.3 is 0 Å². The van der Waals surface area contributed by atoms with E-state index in [1.54, 1.807) is 24.3 Å². The van der Waals surface area contributed by atoms with Crippen molar-refractivity contribution in [3.63, 3.8) is 0 Å². The van der Waals surface area contributed by atoms with Gasteiger partial charge in [0, 0.05) is 5.69 Å². The van der Waals surface area contributed by atoms with Gasteiger partial charge in [-0.2, -0.15) is 0 Å². The molecule has 2 rings (SSSR count). The van der Waals surface area contributed by atoms with Crippen LogP contribution in [-0.4, -0.2) is 15.3 Å². The van der Waals surface area contributed by atoms with E-state index < -0.39 is 0 Å². The number of phenolic OH excluding ortho intramolecular Hbond substituents is 3. The fourth-order valence-corrected chi connectivity index (χ4v) is 1.33. The number of nitrogens with one attached hydrogen (secondary N) is 1. The van der Waals surface area contributed by atoms with Gasteiger partial charge in [-0.1, -0.05) is 6.07 Å². The molecule has 0 aliphatic carbocycles. The Hall–Kier alpha value is -2.36. The zero-order valence-corrected chi connectivity index (χ0v) is 8.38. The van der Waals surface area contributed by atoms with Crippen molar-refractivity contribution in [1.29, 1.82) is 0 Å². The van der Waals surface area contributed by atoms with E-state index in [-0.39, 0.29) is 17.2 Å². The summed E-state index contributed by atoms with van der Waals surface area (Å²) >= 11 is 0. The van der Waals surface area contributed by atoms with Crippen LogP contribution in [0, 0.1) is 0 Å². The summed E-state index contributed by atoms with van der Waals surface area (Å²) in [5.41, 5.74) is 1.12. The van der Waals surface area contributed by atoms with Crippen LogP contribution in [0.2, 0.25) is 0 Å². The van der Waals surface area contributed by atoms with Crippen LogP contribution in [0.15, 0.2) is 42.5 Å². The summed E-state index contributed by atoms with van der Waals surface area (Å²) in [6, 6.07) is 11.1. The lowest BCUT2D eigenvalue weighted by Crippen LogP contribution is -1.90. The Balaban J connectivity index is 2.27. The fourth-order valence-electron chi connectivity index (χ4n) is 1.33. The SMILES string of the molecule is Oc1ccc(Nc2cccc(O)c2O)cc1. The van der Waals surface area contributed by atoms with Gasteiger partial charge in [0.1, 0.15) is 5.75 Å². The lowest BCUT2D eigenvalue weighted by atomic mass is 10.2. The monoisotopic (exact) mass is 217 g/mol. The van der Waals surface area contributed by atoms with Gasteiger partial charge < -0.3 is 20.6 Å². The maximum Gasteiger partial charge on any atom is 0.181 e. The second-order valence-electron chi connectivity index (χ2n) is 3.35. The highest BCUT2D eigenvalue weighted by atomic mass is 16.3. The molecule has 0 radical (unpaired) electrons. The highest BCUT2D eigenvalue weighted by Crippen LogP contribution is 2.34. The van der Waals surface area contributed by atoms with E-state index >= 15 is 0 Å². The van der Waals surface area contributed by atoms with E-state index in [0.717, 1.165) is 0 Å². The summed E-state index contributed by atoms with van der Waals surface area (Å²) in [7, 11) is 0.